The van der Waals surface area contributed by atoms with Gasteiger partial charge >= 0.3 is 6.18 Å². The number of fused-ring (bicyclic) bond motifs is 1. The second kappa shape index (κ2) is 8.09. The molecule has 4 saturated carbocycles. The molecule has 2 atom stereocenters. The van der Waals surface area contributed by atoms with E-state index in [0.29, 0.717) is 17.8 Å². The molecule has 1 amide bonds. The van der Waals surface area contributed by atoms with Crippen LogP contribution in [0.2, 0.25) is 0 Å². The lowest BCUT2D eigenvalue weighted by molar-refractivity contribution is -0.141. The first-order valence-corrected chi connectivity index (χ1v) is 13.6. The lowest BCUT2D eigenvalue weighted by atomic mass is 9.65. The summed E-state index contributed by atoms with van der Waals surface area (Å²) >= 11 is 0. The van der Waals surface area contributed by atoms with Crippen LogP contribution in [0.1, 0.15) is 73.8 Å². The van der Waals surface area contributed by atoms with Crippen molar-refractivity contribution in [3.63, 3.8) is 0 Å². The Balaban J connectivity index is 1.36. The predicted octanol–water partition coefficient (Wildman–Crippen LogP) is 3.57. The maximum atomic E-state index is 13.9. The molecule has 4 bridgehead atoms. The fourth-order valence-corrected chi connectivity index (χ4v) is 8.16. The van der Waals surface area contributed by atoms with Crippen molar-refractivity contribution in [1.82, 2.24) is 15.3 Å². The summed E-state index contributed by atoms with van der Waals surface area (Å²) in [7, 11) is -3.14. The van der Waals surface area contributed by atoms with Crippen LogP contribution in [0.25, 0.3) is 0 Å². The summed E-state index contributed by atoms with van der Waals surface area (Å²) in [5.41, 5.74) is -2.18. The van der Waals surface area contributed by atoms with Crippen LogP contribution in [-0.2, 0) is 16.0 Å². The number of hydrogen-bond donors (Lipinski definition) is 2. The molecular formula is C22H29F3N4O3S. The van der Waals surface area contributed by atoms with Gasteiger partial charge in [-0.05, 0) is 75.5 Å². The van der Waals surface area contributed by atoms with E-state index in [1.54, 1.807) is 0 Å². The smallest absolute Gasteiger partial charge is 0.349 e. The van der Waals surface area contributed by atoms with Gasteiger partial charge in [-0.3, -0.25) is 4.79 Å². The van der Waals surface area contributed by atoms with Gasteiger partial charge in [0.05, 0.1) is 17.1 Å². The second-order valence-corrected chi connectivity index (χ2v) is 12.8. The van der Waals surface area contributed by atoms with Gasteiger partial charge in [0.2, 0.25) is 5.95 Å². The van der Waals surface area contributed by atoms with E-state index in [1.165, 1.54) is 19.3 Å². The fraction of sp³-hybridized carbons (Fsp3) is 0.773. The first-order chi connectivity index (χ1) is 15.5. The van der Waals surface area contributed by atoms with E-state index in [2.05, 4.69) is 20.6 Å². The minimum absolute atomic E-state index is 0.0811. The Morgan fingerprint density at radius 1 is 1.03 bits per heavy atom. The number of carbonyl (C=O) groups is 1. The van der Waals surface area contributed by atoms with Crippen LogP contribution in [0.15, 0.2) is 6.20 Å². The molecule has 0 radical (unpaired) electrons. The maximum Gasteiger partial charge on any atom is 0.434 e. The number of amides is 1. The lowest BCUT2D eigenvalue weighted by Gasteiger charge is -2.45. The highest BCUT2D eigenvalue weighted by Crippen LogP contribution is 2.53. The zero-order valence-corrected chi connectivity index (χ0v) is 19.1. The van der Waals surface area contributed by atoms with Gasteiger partial charge in [0, 0.05) is 17.8 Å². The number of sulfone groups is 1. The molecule has 2 unspecified atom stereocenters. The van der Waals surface area contributed by atoms with Gasteiger partial charge in [-0.25, -0.2) is 18.4 Å². The summed E-state index contributed by atoms with van der Waals surface area (Å²) in [5, 5.41) is 5.81. The molecule has 2 N–H and O–H groups in total. The highest BCUT2D eigenvalue weighted by atomic mass is 32.2. The molecular weight excluding hydrogens is 457 g/mol. The molecule has 0 aromatic carbocycles. The molecule has 1 saturated heterocycles. The fourth-order valence-electron chi connectivity index (χ4n) is 6.67. The first kappa shape index (κ1) is 22.9. The van der Waals surface area contributed by atoms with Crippen LogP contribution >= 0.6 is 0 Å². The van der Waals surface area contributed by atoms with Crippen LogP contribution in [0.5, 0.6) is 0 Å². The van der Waals surface area contributed by atoms with E-state index in [0.717, 1.165) is 31.9 Å². The number of nitrogens with zero attached hydrogens (tertiary/aromatic N) is 2. The average molecular weight is 487 g/mol. The number of aromatic nitrogens is 2. The third-order valence-corrected chi connectivity index (χ3v) is 9.67. The molecule has 1 aromatic heterocycles. The number of hydrogen-bond acceptors (Lipinski definition) is 6. The average Bonchev–Trinajstić information content (AvgIpc) is 2.92. The molecule has 6 rings (SSSR count). The molecule has 0 spiro atoms. The minimum atomic E-state index is -4.82. The second-order valence-electron chi connectivity index (χ2n) is 10.5. The Morgan fingerprint density at radius 3 is 2.30 bits per heavy atom. The zero-order chi connectivity index (χ0) is 23.4. The molecule has 2 heterocycles. The summed E-state index contributed by atoms with van der Waals surface area (Å²) in [6.45, 7) is 0. The lowest BCUT2D eigenvalue weighted by Crippen LogP contribution is -2.46. The highest BCUT2D eigenvalue weighted by molar-refractivity contribution is 7.91. The first-order valence-electron chi connectivity index (χ1n) is 11.7. The highest BCUT2D eigenvalue weighted by Gasteiger charge is 2.48. The summed E-state index contributed by atoms with van der Waals surface area (Å²) in [6, 6.07) is -0.490. The van der Waals surface area contributed by atoms with Crippen molar-refractivity contribution in [1.29, 1.82) is 0 Å². The van der Waals surface area contributed by atoms with Crippen molar-refractivity contribution in [2.45, 2.75) is 75.5 Å². The van der Waals surface area contributed by atoms with E-state index in [4.69, 9.17) is 0 Å². The Morgan fingerprint density at radius 2 is 1.67 bits per heavy atom. The van der Waals surface area contributed by atoms with Crippen molar-refractivity contribution in [3.05, 3.63) is 17.5 Å². The van der Waals surface area contributed by atoms with Gasteiger partial charge in [-0.15, -0.1) is 0 Å². The molecule has 5 fully saturated rings. The number of nitrogens with one attached hydrogen (secondary N) is 2. The monoisotopic (exact) mass is 486 g/mol. The third-order valence-electron chi connectivity index (χ3n) is 7.96. The normalized spacial score (nSPS) is 33.5. The van der Waals surface area contributed by atoms with Crippen LogP contribution in [0.4, 0.5) is 19.1 Å². The summed E-state index contributed by atoms with van der Waals surface area (Å²) in [5.74, 6) is 0.731. The third kappa shape index (κ3) is 4.83. The zero-order valence-electron chi connectivity index (χ0n) is 18.3. The summed E-state index contributed by atoms with van der Waals surface area (Å²) < 4.78 is 64.7. The van der Waals surface area contributed by atoms with Gasteiger partial charge in [0.1, 0.15) is 9.84 Å². The number of alkyl halides is 3. The van der Waals surface area contributed by atoms with Crippen LogP contribution in [0.3, 0.4) is 0 Å². The molecule has 5 aliphatic rings. The number of rotatable bonds is 4. The quantitative estimate of drug-likeness (QED) is 0.675. The molecule has 11 heteroatoms. The van der Waals surface area contributed by atoms with Crippen molar-refractivity contribution < 1.29 is 26.4 Å². The Hall–Kier alpha value is -1.91. The number of carbonyl (C=O) groups excluding carboxylic acids is 1. The summed E-state index contributed by atoms with van der Waals surface area (Å²) in [4.78, 5) is 20.5. The van der Waals surface area contributed by atoms with E-state index in [-0.39, 0.29) is 35.8 Å². The van der Waals surface area contributed by atoms with Gasteiger partial charge in [0.15, 0.2) is 5.69 Å². The standard InChI is InChI=1S/C22H29F3N4O3S/c23-22(24,25)18-17(19(30)27-16-2-5-33(31,32)6-3-16)12-26-20(28-18)29-21-4-1-13-7-14(10-21)9-15(8-13)11-21/h12-16H,1-11H2,(H,27,30)(H,26,28,29). The topological polar surface area (TPSA) is 101 Å². The van der Waals surface area contributed by atoms with Gasteiger partial charge in [-0.1, -0.05) is 0 Å². The molecule has 1 aromatic rings. The SMILES string of the molecule is O=C(NC1CCS(=O)(=O)CC1)c1cnc(NC23CCC4CC(CC(C4)C2)C3)nc1C(F)(F)F. The maximum absolute atomic E-state index is 13.9. The van der Waals surface area contributed by atoms with Crippen LogP contribution in [0, 0.1) is 17.8 Å². The summed E-state index contributed by atoms with van der Waals surface area (Å²) in [6.07, 6.45) is 3.94. The Kier molecular flexibility index (Phi) is 5.61. The molecule has 182 valence electrons. The van der Waals surface area contributed by atoms with Crippen molar-refractivity contribution in [2.75, 3.05) is 16.8 Å². The number of anilines is 1. The van der Waals surface area contributed by atoms with Gasteiger partial charge in [0.25, 0.3) is 5.91 Å². The van der Waals surface area contributed by atoms with Crippen LogP contribution < -0.4 is 10.6 Å². The number of halogens is 3. The van der Waals surface area contributed by atoms with E-state index in [1.807, 2.05) is 0 Å². The molecule has 7 nitrogen and oxygen atoms in total. The molecule has 1 aliphatic heterocycles. The van der Waals surface area contributed by atoms with E-state index in [9.17, 15) is 26.4 Å². The minimum Gasteiger partial charge on any atom is -0.349 e. The van der Waals surface area contributed by atoms with Gasteiger partial charge in [-0.2, -0.15) is 13.2 Å². The van der Waals surface area contributed by atoms with Crippen LogP contribution in [-0.4, -0.2) is 47.4 Å². The van der Waals surface area contributed by atoms with Crippen molar-refractivity contribution >= 4 is 21.7 Å². The van der Waals surface area contributed by atoms with E-state index < -0.39 is 39.2 Å². The molecule has 33 heavy (non-hydrogen) atoms. The van der Waals surface area contributed by atoms with Gasteiger partial charge < -0.3 is 10.6 Å². The Bertz CT molecular complexity index is 1020. The Labute approximate surface area is 191 Å². The molecule has 4 aliphatic carbocycles. The van der Waals surface area contributed by atoms with E-state index >= 15 is 0 Å². The predicted molar refractivity (Wildman–Crippen MR) is 115 cm³/mol. The largest absolute Gasteiger partial charge is 0.434 e. The van der Waals surface area contributed by atoms with Crippen molar-refractivity contribution in [2.24, 2.45) is 17.8 Å². The van der Waals surface area contributed by atoms with Crippen molar-refractivity contribution in [3.8, 4) is 0 Å².